The highest BCUT2D eigenvalue weighted by Crippen LogP contribution is 2.50. The molecule has 2 fully saturated rings. The zero-order chi connectivity index (χ0) is 22.9. The number of nitriles is 1. The Labute approximate surface area is 188 Å². The zero-order valence-electron chi connectivity index (χ0n) is 17.4. The first-order chi connectivity index (χ1) is 16.0. The minimum atomic E-state index is -1.11. The van der Waals surface area contributed by atoms with Gasteiger partial charge in [0.2, 0.25) is 0 Å². The Balaban J connectivity index is 1.40. The summed E-state index contributed by atoms with van der Waals surface area (Å²) < 4.78 is 16.4. The second-order valence-corrected chi connectivity index (χ2v) is 8.37. The number of aromatic nitrogens is 4. The van der Waals surface area contributed by atoms with E-state index in [1.807, 2.05) is 6.07 Å². The van der Waals surface area contributed by atoms with E-state index < -0.39 is 11.9 Å². The number of fused-ring (bicyclic) bond motifs is 1. The summed E-state index contributed by atoms with van der Waals surface area (Å²) in [5.41, 5.74) is 1.29. The largest absolute Gasteiger partial charge is 0.465 e. The predicted octanol–water partition coefficient (Wildman–Crippen LogP) is 3.26. The first-order valence-electron chi connectivity index (χ1n) is 10.6. The Kier molecular flexibility index (Phi) is 5.26. The van der Waals surface area contributed by atoms with Crippen LogP contribution < -0.4 is 16.0 Å². The van der Waals surface area contributed by atoms with Crippen molar-refractivity contribution in [3.8, 4) is 11.8 Å². The molecule has 0 saturated heterocycles. The Bertz CT molecular complexity index is 1230. The van der Waals surface area contributed by atoms with E-state index in [1.165, 1.54) is 0 Å². The molecule has 0 bridgehead atoms. The lowest BCUT2D eigenvalue weighted by Crippen LogP contribution is -2.49. The Morgan fingerprint density at radius 1 is 1.18 bits per heavy atom. The first kappa shape index (κ1) is 20.7. The summed E-state index contributed by atoms with van der Waals surface area (Å²) in [7, 11) is 0. The van der Waals surface area contributed by atoms with Crippen LogP contribution in [0.5, 0.6) is 0 Å². The quantitative estimate of drug-likeness (QED) is 0.450. The second kappa shape index (κ2) is 8.38. The lowest BCUT2D eigenvalue weighted by Gasteiger charge is -2.32. The number of rotatable bonds is 6. The molecule has 4 N–H and O–H groups in total. The van der Waals surface area contributed by atoms with E-state index in [9.17, 15) is 19.6 Å². The monoisotopic (exact) mass is 448 g/mol. The molecule has 2 aliphatic rings. The average molecular weight is 448 g/mol. The molecule has 0 aromatic carbocycles. The lowest BCUT2D eigenvalue weighted by atomic mass is 9.90. The van der Waals surface area contributed by atoms with E-state index in [2.05, 4.69) is 31.0 Å². The van der Waals surface area contributed by atoms with E-state index in [0.717, 1.165) is 18.9 Å². The van der Waals surface area contributed by atoms with Crippen LogP contribution in [-0.4, -0.2) is 43.0 Å². The van der Waals surface area contributed by atoms with Crippen LogP contribution in [-0.2, 0) is 0 Å². The zero-order valence-corrected chi connectivity index (χ0v) is 17.4. The van der Waals surface area contributed by atoms with E-state index in [0.29, 0.717) is 29.6 Å². The van der Waals surface area contributed by atoms with Gasteiger partial charge in [0.15, 0.2) is 17.5 Å². The number of carboxylic acid groups (broad SMARTS) is 1. The Morgan fingerprint density at radius 2 is 2.00 bits per heavy atom. The third-order valence-corrected chi connectivity index (χ3v) is 6.15. The SMILES string of the molecule is N#Cc1cc(F)c(N[C@@H]2CC3CC3C[C@H]2NC(=O)O)nc1Nc1cncc(-n2cccn2)c1. The summed E-state index contributed by atoms with van der Waals surface area (Å²) in [5.74, 6) is 0.500. The van der Waals surface area contributed by atoms with E-state index in [1.54, 1.807) is 41.6 Å². The van der Waals surface area contributed by atoms with Gasteiger partial charge in [0.05, 0.1) is 35.4 Å². The van der Waals surface area contributed by atoms with Gasteiger partial charge in [0.25, 0.3) is 0 Å². The van der Waals surface area contributed by atoms with Gasteiger partial charge >= 0.3 is 6.09 Å². The van der Waals surface area contributed by atoms with Crippen LogP contribution in [0, 0.1) is 29.0 Å². The summed E-state index contributed by atoms with van der Waals surface area (Å²) in [6.07, 6.45) is 8.02. The molecule has 0 spiro atoms. The number of hydrogen-bond donors (Lipinski definition) is 4. The number of amides is 1. The van der Waals surface area contributed by atoms with Crippen molar-refractivity contribution in [3.63, 3.8) is 0 Å². The second-order valence-electron chi connectivity index (χ2n) is 8.37. The number of anilines is 3. The molecule has 0 radical (unpaired) electrons. The van der Waals surface area contributed by atoms with E-state index >= 15 is 0 Å². The Morgan fingerprint density at radius 3 is 2.73 bits per heavy atom. The predicted molar refractivity (Wildman–Crippen MR) is 117 cm³/mol. The van der Waals surface area contributed by atoms with Gasteiger partial charge in [0, 0.05) is 18.4 Å². The standard InChI is InChI=1S/C22H21FN8O2/c23-17-5-14(9-24)20(27-15-8-16(11-25-10-15)31-3-1-2-26-31)30-21(17)28-18-6-12-4-13(12)7-19(18)29-22(32)33/h1-3,5,8,10-13,18-19,29H,4,6-7H2,(H,32,33)(H2,27,28,30)/t12?,13?,18-,19-/m1/s1. The molecule has 10 nitrogen and oxygen atoms in total. The fraction of sp³-hybridized carbons (Fsp3) is 0.318. The van der Waals surface area contributed by atoms with Crippen molar-refractivity contribution in [2.75, 3.05) is 10.6 Å². The lowest BCUT2D eigenvalue weighted by molar-refractivity contribution is 0.183. The normalized spacial score (nSPS) is 23.2. The summed E-state index contributed by atoms with van der Waals surface area (Å²) in [5, 5.41) is 31.5. The summed E-state index contributed by atoms with van der Waals surface area (Å²) in [4.78, 5) is 19.7. The molecule has 4 atom stereocenters. The molecule has 2 aliphatic carbocycles. The smallest absolute Gasteiger partial charge is 0.404 e. The van der Waals surface area contributed by atoms with E-state index in [4.69, 9.17) is 0 Å². The molecule has 33 heavy (non-hydrogen) atoms. The van der Waals surface area contributed by atoms with Crippen LogP contribution in [0.15, 0.2) is 43.0 Å². The number of nitrogens with one attached hydrogen (secondary N) is 3. The average Bonchev–Trinajstić information content (AvgIpc) is 3.31. The third-order valence-electron chi connectivity index (χ3n) is 6.15. The van der Waals surface area contributed by atoms with Crippen molar-refractivity contribution >= 4 is 23.4 Å². The fourth-order valence-corrected chi connectivity index (χ4v) is 4.47. The molecule has 3 aromatic rings. The molecule has 3 aromatic heterocycles. The topological polar surface area (TPSA) is 141 Å². The minimum Gasteiger partial charge on any atom is -0.465 e. The van der Waals surface area contributed by atoms with Crippen LogP contribution >= 0.6 is 0 Å². The first-order valence-corrected chi connectivity index (χ1v) is 10.6. The summed E-state index contributed by atoms with van der Waals surface area (Å²) in [6, 6.07) is 6.01. The maximum atomic E-state index is 14.8. The molecule has 11 heteroatoms. The van der Waals surface area contributed by atoms with Crippen molar-refractivity contribution in [2.45, 2.75) is 31.3 Å². The summed E-state index contributed by atoms with van der Waals surface area (Å²) >= 11 is 0. The molecule has 1 amide bonds. The molecule has 0 aliphatic heterocycles. The van der Waals surface area contributed by atoms with Crippen molar-refractivity contribution in [1.29, 1.82) is 5.26 Å². The van der Waals surface area contributed by atoms with Crippen LogP contribution in [0.3, 0.4) is 0 Å². The van der Waals surface area contributed by atoms with Gasteiger partial charge in [-0.1, -0.05) is 0 Å². The number of carbonyl (C=O) groups is 1. The molecular formula is C22H21FN8O2. The van der Waals surface area contributed by atoms with Gasteiger partial charge in [-0.2, -0.15) is 10.4 Å². The molecule has 168 valence electrons. The molecule has 5 rings (SSSR count). The highest BCUT2D eigenvalue weighted by molar-refractivity contribution is 5.67. The van der Waals surface area contributed by atoms with Crippen LogP contribution in [0.4, 0.5) is 26.5 Å². The van der Waals surface area contributed by atoms with Crippen LogP contribution in [0.25, 0.3) is 5.69 Å². The van der Waals surface area contributed by atoms with Gasteiger partial charge < -0.3 is 21.1 Å². The Hall–Kier alpha value is -4.20. The molecular weight excluding hydrogens is 427 g/mol. The highest BCUT2D eigenvalue weighted by atomic mass is 19.1. The molecule has 2 unspecified atom stereocenters. The molecule has 3 heterocycles. The van der Waals surface area contributed by atoms with Crippen molar-refractivity contribution < 1.29 is 14.3 Å². The maximum Gasteiger partial charge on any atom is 0.404 e. The van der Waals surface area contributed by atoms with Crippen molar-refractivity contribution in [3.05, 3.63) is 54.4 Å². The fourth-order valence-electron chi connectivity index (χ4n) is 4.47. The number of pyridine rings is 2. The highest BCUT2D eigenvalue weighted by Gasteiger charge is 2.47. The third kappa shape index (κ3) is 4.41. The van der Waals surface area contributed by atoms with Gasteiger partial charge in [-0.15, -0.1) is 0 Å². The number of halogens is 1. The van der Waals surface area contributed by atoms with Crippen LogP contribution in [0.2, 0.25) is 0 Å². The summed E-state index contributed by atoms with van der Waals surface area (Å²) in [6.45, 7) is 0. The van der Waals surface area contributed by atoms with Crippen molar-refractivity contribution in [2.24, 2.45) is 11.8 Å². The van der Waals surface area contributed by atoms with Gasteiger partial charge in [-0.25, -0.2) is 18.9 Å². The van der Waals surface area contributed by atoms with E-state index in [-0.39, 0.29) is 29.3 Å². The number of nitrogens with zero attached hydrogens (tertiary/aromatic N) is 5. The molecule has 2 saturated carbocycles. The van der Waals surface area contributed by atoms with Gasteiger partial charge in [0.1, 0.15) is 6.07 Å². The van der Waals surface area contributed by atoms with Gasteiger partial charge in [-0.05, 0) is 49.3 Å². The van der Waals surface area contributed by atoms with Crippen molar-refractivity contribution in [1.82, 2.24) is 25.1 Å². The minimum absolute atomic E-state index is 0.0334. The maximum absolute atomic E-state index is 14.8. The van der Waals surface area contributed by atoms with Crippen LogP contribution in [0.1, 0.15) is 24.8 Å². The number of hydrogen-bond acceptors (Lipinski definition) is 7. The van der Waals surface area contributed by atoms with Gasteiger partial charge in [-0.3, -0.25) is 4.98 Å².